The van der Waals surface area contributed by atoms with Gasteiger partial charge in [-0.1, -0.05) is 30.3 Å². The number of carbonyl (C=O) groups is 1. The van der Waals surface area contributed by atoms with Crippen molar-refractivity contribution < 1.29 is 9.90 Å². The van der Waals surface area contributed by atoms with Crippen LogP contribution in [-0.2, 0) is 11.2 Å². The number of benzene rings is 1. The molecule has 0 saturated carbocycles. The number of aliphatic carboxylic acids is 1. The van der Waals surface area contributed by atoms with Crippen molar-refractivity contribution in [1.82, 2.24) is 0 Å². The van der Waals surface area contributed by atoms with E-state index in [1.54, 1.807) is 0 Å². The van der Waals surface area contributed by atoms with Gasteiger partial charge in [-0.15, -0.1) is 0 Å². The molecule has 0 spiro atoms. The summed E-state index contributed by atoms with van der Waals surface area (Å²) >= 11 is 0. The van der Waals surface area contributed by atoms with Gasteiger partial charge in [-0.25, -0.2) is 0 Å². The Morgan fingerprint density at radius 3 is 2.46 bits per heavy atom. The molecular formula is C10H13NO2. The molecule has 3 heteroatoms. The van der Waals surface area contributed by atoms with Crippen molar-refractivity contribution in [3.05, 3.63) is 35.9 Å². The molecule has 0 amide bonds. The zero-order valence-corrected chi connectivity index (χ0v) is 7.53. The maximum atomic E-state index is 10.7. The molecule has 0 radical (unpaired) electrons. The molecule has 1 atom stereocenters. The molecule has 0 aliphatic carbocycles. The molecule has 0 unspecified atom stereocenters. The van der Waals surface area contributed by atoms with Crippen molar-refractivity contribution in [3.63, 3.8) is 0 Å². The first-order valence-electron chi connectivity index (χ1n) is 4.08. The van der Waals surface area contributed by atoms with Gasteiger partial charge in [0.2, 0.25) is 0 Å². The number of carboxylic acid groups (broad SMARTS) is 1. The van der Waals surface area contributed by atoms with Crippen LogP contribution in [0.5, 0.6) is 0 Å². The molecule has 0 heterocycles. The summed E-state index contributed by atoms with van der Waals surface area (Å²) in [7, 11) is 0. The van der Waals surface area contributed by atoms with E-state index in [1.165, 1.54) is 6.92 Å². The Hall–Kier alpha value is -1.35. The lowest BCUT2D eigenvalue weighted by molar-refractivity contribution is -0.142. The third-order valence-electron chi connectivity index (χ3n) is 1.90. The topological polar surface area (TPSA) is 63.3 Å². The quantitative estimate of drug-likeness (QED) is 0.728. The van der Waals surface area contributed by atoms with Crippen LogP contribution < -0.4 is 5.73 Å². The van der Waals surface area contributed by atoms with Crippen LogP contribution in [0.3, 0.4) is 0 Å². The molecule has 3 nitrogen and oxygen atoms in total. The van der Waals surface area contributed by atoms with E-state index in [2.05, 4.69) is 0 Å². The van der Waals surface area contributed by atoms with E-state index in [4.69, 9.17) is 10.8 Å². The molecule has 0 fully saturated rings. The minimum absolute atomic E-state index is 0.350. The largest absolute Gasteiger partial charge is 0.480 e. The fraction of sp³-hybridized carbons (Fsp3) is 0.300. The van der Waals surface area contributed by atoms with Crippen LogP contribution in [0.4, 0.5) is 0 Å². The number of rotatable bonds is 3. The van der Waals surface area contributed by atoms with E-state index >= 15 is 0 Å². The van der Waals surface area contributed by atoms with Crippen LogP contribution in [0.15, 0.2) is 30.3 Å². The fourth-order valence-corrected chi connectivity index (χ4v) is 1.10. The second-order valence-electron chi connectivity index (χ2n) is 3.38. The van der Waals surface area contributed by atoms with Gasteiger partial charge in [0, 0.05) is 6.42 Å². The molecule has 1 aromatic rings. The summed E-state index contributed by atoms with van der Waals surface area (Å²) in [6.45, 7) is 1.52. The summed E-state index contributed by atoms with van der Waals surface area (Å²) in [6.07, 6.45) is 0.350. The third-order valence-corrected chi connectivity index (χ3v) is 1.90. The van der Waals surface area contributed by atoms with Crippen molar-refractivity contribution in [1.29, 1.82) is 0 Å². The predicted octanol–water partition coefficient (Wildman–Crippen LogP) is 1.03. The molecule has 0 aromatic heterocycles. The van der Waals surface area contributed by atoms with Gasteiger partial charge in [0.25, 0.3) is 0 Å². The molecule has 1 aromatic carbocycles. The smallest absolute Gasteiger partial charge is 0.323 e. The molecule has 0 aliphatic heterocycles. The molecule has 70 valence electrons. The van der Waals surface area contributed by atoms with Crippen LogP contribution >= 0.6 is 0 Å². The lowest BCUT2D eigenvalue weighted by Crippen LogP contribution is -2.46. The van der Waals surface area contributed by atoms with E-state index in [0.29, 0.717) is 6.42 Å². The summed E-state index contributed by atoms with van der Waals surface area (Å²) in [5.74, 6) is -0.976. The van der Waals surface area contributed by atoms with Crippen LogP contribution in [-0.4, -0.2) is 16.6 Å². The van der Waals surface area contributed by atoms with Crippen LogP contribution in [0.25, 0.3) is 0 Å². The van der Waals surface area contributed by atoms with E-state index in [-0.39, 0.29) is 0 Å². The van der Waals surface area contributed by atoms with Gasteiger partial charge in [-0.2, -0.15) is 0 Å². The average Bonchev–Trinajstić information content (AvgIpc) is 2.05. The number of carboxylic acids is 1. The second-order valence-corrected chi connectivity index (χ2v) is 3.38. The monoisotopic (exact) mass is 179 g/mol. The first kappa shape index (κ1) is 9.74. The Morgan fingerprint density at radius 2 is 2.00 bits per heavy atom. The summed E-state index contributed by atoms with van der Waals surface area (Å²) in [4.78, 5) is 10.7. The zero-order chi connectivity index (χ0) is 9.90. The first-order valence-corrected chi connectivity index (χ1v) is 4.08. The van der Waals surface area contributed by atoms with E-state index < -0.39 is 11.5 Å². The van der Waals surface area contributed by atoms with Gasteiger partial charge in [0.1, 0.15) is 5.54 Å². The van der Waals surface area contributed by atoms with Gasteiger partial charge >= 0.3 is 5.97 Å². The maximum absolute atomic E-state index is 10.7. The Bertz CT molecular complexity index is 293. The minimum atomic E-state index is -1.18. The van der Waals surface area contributed by atoms with Crippen molar-refractivity contribution in [3.8, 4) is 0 Å². The van der Waals surface area contributed by atoms with E-state index in [9.17, 15) is 4.79 Å². The standard InChI is InChI=1S/C10H13NO2/c1-10(11,9(12)13)7-8-5-3-2-4-6-8/h2-6H,7,11H2,1H3,(H,12,13)/t10-/m1/s1. The molecule has 0 saturated heterocycles. The van der Waals surface area contributed by atoms with E-state index in [0.717, 1.165) is 5.56 Å². The van der Waals surface area contributed by atoms with Crippen LogP contribution in [0.1, 0.15) is 12.5 Å². The molecule has 0 bridgehead atoms. The predicted molar refractivity (Wildman–Crippen MR) is 50.4 cm³/mol. The number of hydrogen-bond donors (Lipinski definition) is 2. The minimum Gasteiger partial charge on any atom is -0.480 e. The highest BCUT2D eigenvalue weighted by atomic mass is 16.4. The van der Waals surface area contributed by atoms with Crippen LogP contribution in [0.2, 0.25) is 0 Å². The van der Waals surface area contributed by atoms with Gasteiger partial charge < -0.3 is 10.8 Å². The Kier molecular flexibility index (Phi) is 2.68. The molecule has 1 rings (SSSR count). The fourth-order valence-electron chi connectivity index (χ4n) is 1.10. The van der Waals surface area contributed by atoms with Crippen LogP contribution in [0, 0.1) is 0 Å². The molecule has 3 N–H and O–H groups in total. The Morgan fingerprint density at radius 1 is 1.46 bits per heavy atom. The Labute approximate surface area is 77.2 Å². The molecular weight excluding hydrogens is 166 g/mol. The normalized spacial score (nSPS) is 14.9. The van der Waals surface area contributed by atoms with Gasteiger partial charge in [-0.05, 0) is 12.5 Å². The Balaban J connectivity index is 2.75. The third kappa shape index (κ3) is 2.56. The highest BCUT2D eigenvalue weighted by Gasteiger charge is 2.27. The second kappa shape index (κ2) is 3.58. The summed E-state index contributed by atoms with van der Waals surface area (Å²) in [5.41, 5.74) is 5.35. The summed E-state index contributed by atoms with van der Waals surface area (Å²) in [6, 6.07) is 9.36. The van der Waals surface area contributed by atoms with Gasteiger partial charge in [-0.3, -0.25) is 4.79 Å². The van der Waals surface area contributed by atoms with Gasteiger partial charge in [0.05, 0.1) is 0 Å². The highest BCUT2D eigenvalue weighted by Crippen LogP contribution is 2.10. The number of nitrogens with two attached hydrogens (primary N) is 1. The van der Waals surface area contributed by atoms with Gasteiger partial charge in [0.15, 0.2) is 0 Å². The first-order chi connectivity index (χ1) is 6.02. The number of hydrogen-bond acceptors (Lipinski definition) is 2. The zero-order valence-electron chi connectivity index (χ0n) is 7.53. The lowest BCUT2D eigenvalue weighted by atomic mass is 9.94. The lowest BCUT2D eigenvalue weighted by Gasteiger charge is -2.18. The van der Waals surface area contributed by atoms with E-state index in [1.807, 2.05) is 30.3 Å². The van der Waals surface area contributed by atoms with Crippen molar-refractivity contribution in [2.45, 2.75) is 18.9 Å². The SMILES string of the molecule is C[C@@](N)(Cc1ccccc1)C(=O)O. The average molecular weight is 179 g/mol. The summed E-state index contributed by atoms with van der Waals surface area (Å²) in [5, 5.41) is 8.78. The molecule has 13 heavy (non-hydrogen) atoms. The van der Waals surface area contributed by atoms with Crippen molar-refractivity contribution in [2.24, 2.45) is 5.73 Å². The van der Waals surface area contributed by atoms with Crippen molar-refractivity contribution in [2.75, 3.05) is 0 Å². The summed E-state index contributed by atoms with van der Waals surface area (Å²) < 4.78 is 0. The van der Waals surface area contributed by atoms with Crippen molar-refractivity contribution >= 4 is 5.97 Å². The highest BCUT2D eigenvalue weighted by molar-refractivity contribution is 5.78. The maximum Gasteiger partial charge on any atom is 0.323 e. The molecule has 0 aliphatic rings.